The van der Waals surface area contributed by atoms with Crippen LogP contribution in [0.25, 0.3) is 0 Å². The van der Waals surface area contributed by atoms with E-state index in [-0.39, 0.29) is 18.4 Å². The third-order valence-corrected chi connectivity index (χ3v) is 4.11. The van der Waals surface area contributed by atoms with E-state index in [0.717, 1.165) is 5.56 Å². The number of rotatable bonds is 6. The van der Waals surface area contributed by atoms with Crippen LogP contribution >= 0.6 is 23.2 Å². The molecule has 0 saturated heterocycles. The van der Waals surface area contributed by atoms with E-state index in [1.165, 1.54) is 0 Å². The third-order valence-electron chi connectivity index (χ3n) is 3.53. The Morgan fingerprint density at radius 3 is 2.36 bits per heavy atom. The lowest BCUT2D eigenvalue weighted by molar-refractivity contribution is -0.117. The van der Waals surface area contributed by atoms with Crippen LogP contribution in [0.1, 0.15) is 15.9 Å². The van der Waals surface area contributed by atoms with Gasteiger partial charge in [-0.2, -0.15) is 0 Å². The van der Waals surface area contributed by atoms with Crippen LogP contribution in [0.3, 0.4) is 0 Å². The quantitative estimate of drug-likeness (QED) is 0.807. The molecular formula is C18H19Cl2N3O2. The molecule has 0 spiro atoms. The zero-order valence-electron chi connectivity index (χ0n) is 14.0. The summed E-state index contributed by atoms with van der Waals surface area (Å²) in [7, 11) is 3.40. The van der Waals surface area contributed by atoms with E-state index in [9.17, 15) is 9.59 Å². The Kier molecular flexibility index (Phi) is 6.82. The summed E-state index contributed by atoms with van der Waals surface area (Å²) in [6, 6.07) is 12.0. The minimum absolute atomic E-state index is 0.153. The highest BCUT2D eigenvalue weighted by Gasteiger charge is 2.10. The molecule has 0 saturated carbocycles. The first-order valence-electron chi connectivity index (χ1n) is 7.63. The summed E-state index contributed by atoms with van der Waals surface area (Å²) in [5.41, 5.74) is 2.07. The molecule has 0 aliphatic carbocycles. The molecule has 0 atom stereocenters. The molecule has 0 aromatic heterocycles. The van der Waals surface area contributed by atoms with Gasteiger partial charge in [-0.1, -0.05) is 29.3 Å². The van der Waals surface area contributed by atoms with Crippen molar-refractivity contribution in [3.63, 3.8) is 0 Å². The van der Waals surface area contributed by atoms with E-state index in [1.807, 2.05) is 18.0 Å². The number of hydrogen-bond acceptors (Lipinski definition) is 3. The van der Waals surface area contributed by atoms with Crippen molar-refractivity contribution in [2.75, 3.05) is 26.0 Å². The Bertz CT molecular complexity index is 763. The SMILES string of the molecule is CNC(=O)c1ccc(NC(=O)CN(C)Cc2ccc(Cl)cc2Cl)cc1. The van der Waals surface area contributed by atoms with Crippen molar-refractivity contribution >= 4 is 40.7 Å². The van der Waals surface area contributed by atoms with Crippen LogP contribution in [-0.4, -0.2) is 37.4 Å². The third kappa shape index (κ3) is 5.74. The van der Waals surface area contributed by atoms with Gasteiger partial charge in [-0.05, 0) is 49.0 Å². The molecule has 0 bridgehead atoms. The predicted molar refractivity (Wildman–Crippen MR) is 101 cm³/mol. The Hall–Kier alpha value is -2.08. The number of likely N-dealkylation sites (N-methyl/N-ethyl adjacent to an activating group) is 1. The second kappa shape index (κ2) is 8.85. The number of nitrogens with one attached hydrogen (secondary N) is 2. The molecule has 2 aromatic carbocycles. The fraction of sp³-hybridized carbons (Fsp3) is 0.222. The van der Waals surface area contributed by atoms with Crippen molar-refractivity contribution < 1.29 is 9.59 Å². The van der Waals surface area contributed by atoms with Gasteiger partial charge in [0.1, 0.15) is 0 Å². The molecule has 0 fully saturated rings. The van der Waals surface area contributed by atoms with Gasteiger partial charge in [0, 0.05) is 34.9 Å². The largest absolute Gasteiger partial charge is 0.355 e. The van der Waals surface area contributed by atoms with E-state index in [4.69, 9.17) is 23.2 Å². The van der Waals surface area contributed by atoms with Gasteiger partial charge in [0.15, 0.2) is 0 Å². The molecule has 2 amide bonds. The van der Waals surface area contributed by atoms with E-state index >= 15 is 0 Å². The molecule has 25 heavy (non-hydrogen) atoms. The van der Waals surface area contributed by atoms with Crippen LogP contribution in [0.5, 0.6) is 0 Å². The van der Waals surface area contributed by atoms with Crippen molar-refractivity contribution in [1.29, 1.82) is 0 Å². The number of hydrogen-bond donors (Lipinski definition) is 2. The molecule has 2 N–H and O–H groups in total. The average Bonchev–Trinajstić information content (AvgIpc) is 2.57. The molecule has 2 aromatic rings. The summed E-state index contributed by atoms with van der Waals surface area (Å²) in [5.74, 6) is -0.322. The van der Waals surface area contributed by atoms with Crippen molar-refractivity contribution in [2.45, 2.75) is 6.54 Å². The normalized spacial score (nSPS) is 10.6. The smallest absolute Gasteiger partial charge is 0.251 e. The first-order valence-corrected chi connectivity index (χ1v) is 8.39. The molecule has 0 aliphatic heterocycles. The minimum Gasteiger partial charge on any atom is -0.355 e. The number of carbonyl (C=O) groups is 2. The van der Waals surface area contributed by atoms with E-state index in [0.29, 0.717) is 27.8 Å². The molecule has 7 heteroatoms. The molecule has 0 unspecified atom stereocenters. The second-order valence-electron chi connectivity index (χ2n) is 5.61. The minimum atomic E-state index is -0.169. The van der Waals surface area contributed by atoms with E-state index in [1.54, 1.807) is 43.4 Å². The summed E-state index contributed by atoms with van der Waals surface area (Å²) in [5, 5.41) is 6.50. The van der Waals surface area contributed by atoms with Crippen molar-refractivity contribution in [3.05, 3.63) is 63.6 Å². The standard InChI is InChI=1S/C18H19Cl2N3O2/c1-21-18(25)12-4-7-15(8-5-12)22-17(24)11-23(2)10-13-3-6-14(19)9-16(13)20/h3-9H,10-11H2,1-2H3,(H,21,25)(H,22,24). The van der Waals surface area contributed by atoms with Gasteiger partial charge in [-0.25, -0.2) is 0 Å². The summed E-state index contributed by atoms with van der Waals surface area (Å²) >= 11 is 12.0. The topological polar surface area (TPSA) is 61.4 Å². The van der Waals surface area contributed by atoms with Crippen LogP contribution in [0.2, 0.25) is 10.0 Å². The van der Waals surface area contributed by atoms with Crippen LogP contribution < -0.4 is 10.6 Å². The zero-order valence-corrected chi connectivity index (χ0v) is 15.5. The number of nitrogens with zero attached hydrogens (tertiary/aromatic N) is 1. The molecule has 0 radical (unpaired) electrons. The fourth-order valence-corrected chi connectivity index (χ4v) is 2.76. The summed E-state index contributed by atoms with van der Waals surface area (Å²) in [6.07, 6.45) is 0. The molecule has 0 heterocycles. The maximum Gasteiger partial charge on any atom is 0.251 e. The van der Waals surface area contributed by atoms with Gasteiger partial charge in [0.25, 0.3) is 5.91 Å². The van der Waals surface area contributed by atoms with Crippen molar-refractivity contribution in [1.82, 2.24) is 10.2 Å². The van der Waals surface area contributed by atoms with Gasteiger partial charge in [0.2, 0.25) is 5.91 Å². The summed E-state index contributed by atoms with van der Waals surface area (Å²) in [6.45, 7) is 0.731. The van der Waals surface area contributed by atoms with E-state index < -0.39 is 0 Å². The maximum atomic E-state index is 12.1. The summed E-state index contributed by atoms with van der Waals surface area (Å²) in [4.78, 5) is 25.5. The summed E-state index contributed by atoms with van der Waals surface area (Å²) < 4.78 is 0. The second-order valence-corrected chi connectivity index (χ2v) is 6.46. The van der Waals surface area contributed by atoms with Crippen LogP contribution in [-0.2, 0) is 11.3 Å². The zero-order chi connectivity index (χ0) is 18.4. The molecule has 2 rings (SSSR count). The highest BCUT2D eigenvalue weighted by atomic mass is 35.5. The average molecular weight is 380 g/mol. The Morgan fingerprint density at radius 2 is 1.76 bits per heavy atom. The highest BCUT2D eigenvalue weighted by molar-refractivity contribution is 6.35. The molecule has 132 valence electrons. The molecule has 0 aliphatic rings. The van der Waals surface area contributed by atoms with Crippen LogP contribution in [0, 0.1) is 0 Å². The number of benzene rings is 2. The lowest BCUT2D eigenvalue weighted by atomic mass is 10.2. The van der Waals surface area contributed by atoms with Gasteiger partial charge in [-0.3, -0.25) is 14.5 Å². The fourth-order valence-electron chi connectivity index (χ4n) is 2.29. The number of anilines is 1. The number of amides is 2. The Balaban J connectivity index is 1.89. The first-order chi connectivity index (χ1) is 11.9. The van der Waals surface area contributed by atoms with Gasteiger partial charge >= 0.3 is 0 Å². The predicted octanol–water partition coefficient (Wildman–Crippen LogP) is 3.42. The Morgan fingerprint density at radius 1 is 1.08 bits per heavy atom. The van der Waals surface area contributed by atoms with Gasteiger partial charge < -0.3 is 10.6 Å². The molecule has 5 nitrogen and oxygen atoms in total. The van der Waals surface area contributed by atoms with E-state index in [2.05, 4.69) is 10.6 Å². The van der Waals surface area contributed by atoms with Crippen LogP contribution in [0.4, 0.5) is 5.69 Å². The Labute approximate surface area is 156 Å². The lowest BCUT2D eigenvalue weighted by Gasteiger charge is -2.17. The van der Waals surface area contributed by atoms with Gasteiger partial charge in [0.05, 0.1) is 6.54 Å². The first kappa shape index (κ1) is 19.2. The van der Waals surface area contributed by atoms with Gasteiger partial charge in [-0.15, -0.1) is 0 Å². The van der Waals surface area contributed by atoms with Crippen molar-refractivity contribution in [2.24, 2.45) is 0 Å². The number of carbonyl (C=O) groups excluding carboxylic acids is 2. The lowest BCUT2D eigenvalue weighted by Crippen LogP contribution is -2.30. The van der Waals surface area contributed by atoms with Crippen LogP contribution in [0.15, 0.2) is 42.5 Å². The number of halogens is 2. The monoisotopic (exact) mass is 379 g/mol. The highest BCUT2D eigenvalue weighted by Crippen LogP contribution is 2.22. The molecular weight excluding hydrogens is 361 g/mol. The maximum absolute atomic E-state index is 12.1. The van der Waals surface area contributed by atoms with Crippen molar-refractivity contribution in [3.8, 4) is 0 Å².